The molecule has 6 nitrogen and oxygen atoms in total. The lowest BCUT2D eigenvalue weighted by molar-refractivity contribution is -0.164. The highest BCUT2D eigenvalue weighted by Gasteiger charge is 2.29. The molecule has 0 saturated carbocycles. The van der Waals surface area contributed by atoms with E-state index in [1.807, 2.05) is 0 Å². The molecule has 0 aromatic carbocycles. The summed E-state index contributed by atoms with van der Waals surface area (Å²) in [4.78, 5) is 11.5. The van der Waals surface area contributed by atoms with Crippen molar-refractivity contribution in [1.29, 1.82) is 0 Å². The van der Waals surface area contributed by atoms with Crippen LogP contribution in [0.15, 0.2) is 12.2 Å². The minimum atomic E-state index is -0.605. The monoisotopic (exact) mass is 315 g/mol. The van der Waals surface area contributed by atoms with Crippen LogP contribution in [0.25, 0.3) is 0 Å². The lowest BCUT2D eigenvalue weighted by Gasteiger charge is -2.20. The van der Waals surface area contributed by atoms with Crippen LogP contribution in [0.4, 0.5) is 0 Å². The van der Waals surface area contributed by atoms with Crippen LogP contribution in [0.5, 0.6) is 0 Å². The van der Waals surface area contributed by atoms with Crippen LogP contribution in [0.1, 0.15) is 45.4 Å². The SMILES string of the molecule is C=C1CC(CCCO)OC1CC[C@@H](O)C[C@@H](C)C(=O)N(C)O. The van der Waals surface area contributed by atoms with Gasteiger partial charge in [-0.15, -0.1) is 0 Å². The van der Waals surface area contributed by atoms with Gasteiger partial charge in [0.05, 0.1) is 18.3 Å². The Morgan fingerprint density at radius 3 is 2.77 bits per heavy atom. The fourth-order valence-corrected chi connectivity index (χ4v) is 2.85. The predicted molar refractivity (Wildman–Crippen MR) is 82.3 cm³/mol. The van der Waals surface area contributed by atoms with Gasteiger partial charge in [0, 0.05) is 19.6 Å². The van der Waals surface area contributed by atoms with Gasteiger partial charge < -0.3 is 14.9 Å². The molecule has 0 aromatic heterocycles. The molecule has 1 amide bonds. The molecule has 6 heteroatoms. The summed E-state index contributed by atoms with van der Waals surface area (Å²) in [5.74, 6) is -0.820. The third kappa shape index (κ3) is 6.04. The first-order chi connectivity index (χ1) is 10.3. The van der Waals surface area contributed by atoms with Crippen LogP contribution >= 0.6 is 0 Å². The fraction of sp³-hybridized carbons (Fsp3) is 0.812. The van der Waals surface area contributed by atoms with Crippen molar-refractivity contribution in [1.82, 2.24) is 5.06 Å². The maximum Gasteiger partial charge on any atom is 0.248 e. The van der Waals surface area contributed by atoms with E-state index in [0.717, 1.165) is 24.8 Å². The second-order valence-corrected chi connectivity index (χ2v) is 6.20. The average molecular weight is 315 g/mol. The van der Waals surface area contributed by atoms with Crippen molar-refractivity contribution < 1.29 is 25.0 Å². The van der Waals surface area contributed by atoms with Crippen molar-refractivity contribution in [2.24, 2.45) is 5.92 Å². The Bertz CT molecular complexity index is 372. The average Bonchev–Trinajstić information content (AvgIpc) is 2.82. The molecule has 0 radical (unpaired) electrons. The van der Waals surface area contributed by atoms with Crippen LogP contribution in [0, 0.1) is 5.92 Å². The standard InChI is InChI=1S/C16H29NO5/c1-11-10-14(5-4-8-18)22-15(11)7-6-13(19)9-12(2)16(20)17(3)21/h12-15,18-19,21H,1,4-10H2,2-3H3/t12-,13-,14?,15?/m1/s1. The van der Waals surface area contributed by atoms with Crippen molar-refractivity contribution >= 4 is 5.91 Å². The zero-order valence-corrected chi connectivity index (χ0v) is 13.6. The number of hydrogen-bond acceptors (Lipinski definition) is 5. The van der Waals surface area contributed by atoms with E-state index in [-0.39, 0.29) is 18.8 Å². The zero-order valence-electron chi connectivity index (χ0n) is 13.6. The van der Waals surface area contributed by atoms with Gasteiger partial charge in [-0.3, -0.25) is 10.0 Å². The molecule has 22 heavy (non-hydrogen) atoms. The maximum atomic E-state index is 11.5. The van der Waals surface area contributed by atoms with Gasteiger partial charge in [-0.1, -0.05) is 13.5 Å². The van der Waals surface area contributed by atoms with E-state index in [2.05, 4.69) is 6.58 Å². The minimum Gasteiger partial charge on any atom is -0.396 e. The summed E-state index contributed by atoms with van der Waals surface area (Å²) in [5.41, 5.74) is 1.04. The number of ether oxygens (including phenoxy) is 1. The number of amides is 1. The number of nitrogens with zero attached hydrogens (tertiary/aromatic N) is 1. The Labute approximate surface area is 132 Å². The highest BCUT2D eigenvalue weighted by molar-refractivity contribution is 5.76. The van der Waals surface area contributed by atoms with E-state index in [1.165, 1.54) is 7.05 Å². The molecule has 0 aliphatic carbocycles. The number of aliphatic hydroxyl groups excluding tert-OH is 2. The minimum absolute atomic E-state index is 0.0511. The first kappa shape index (κ1) is 19.1. The molecule has 4 atom stereocenters. The Morgan fingerprint density at radius 1 is 1.50 bits per heavy atom. The van der Waals surface area contributed by atoms with Gasteiger partial charge in [-0.05, 0) is 44.1 Å². The van der Waals surface area contributed by atoms with Gasteiger partial charge in [-0.25, -0.2) is 5.06 Å². The first-order valence-electron chi connectivity index (χ1n) is 7.93. The van der Waals surface area contributed by atoms with Crippen molar-refractivity contribution in [2.45, 2.75) is 63.8 Å². The van der Waals surface area contributed by atoms with Gasteiger partial charge in [0.1, 0.15) is 0 Å². The Morgan fingerprint density at radius 2 is 2.18 bits per heavy atom. The van der Waals surface area contributed by atoms with Crippen molar-refractivity contribution in [3.63, 3.8) is 0 Å². The Hall–Kier alpha value is -0.950. The molecule has 1 saturated heterocycles. The van der Waals surface area contributed by atoms with Crippen LogP contribution in [-0.2, 0) is 9.53 Å². The van der Waals surface area contributed by atoms with Crippen LogP contribution in [-0.4, -0.2) is 58.4 Å². The molecule has 3 N–H and O–H groups in total. The van der Waals surface area contributed by atoms with Gasteiger partial charge in [0.2, 0.25) is 5.91 Å². The van der Waals surface area contributed by atoms with Gasteiger partial charge in [0.15, 0.2) is 0 Å². The van der Waals surface area contributed by atoms with Crippen LogP contribution < -0.4 is 0 Å². The lowest BCUT2D eigenvalue weighted by Crippen LogP contribution is -2.31. The summed E-state index contributed by atoms with van der Waals surface area (Å²) >= 11 is 0. The van der Waals surface area contributed by atoms with Crippen LogP contribution in [0.2, 0.25) is 0 Å². The number of aliphatic hydroxyl groups is 2. The van der Waals surface area contributed by atoms with Gasteiger partial charge >= 0.3 is 0 Å². The molecule has 1 rings (SSSR count). The summed E-state index contributed by atoms with van der Waals surface area (Å²) < 4.78 is 5.88. The smallest absolute Gasteiger partial charge is 0.248 e. The molecule has 0 aromatic rings. The largest absolute Gasteiger partial charge is 0.396 e. The number of rotatable bonds is 9. The summed E-state index contributed by atoms with van der Waals surface area (Å²) in [6, 6.07) is 0. The van der Waals surface area contributed by atoms with Gasteiger partial charge in [0.25, 0.3) is 0 Å². The molecule has 2 unspecified atom stereocenters. The highest BCUT2D eigenvalue weighted by Crippen LogP contribution is 2.30. The van der Waals surface area contributed by atoms with E-state index in [9.17, 15) is 9.90 Å². The second-order valence-electron chi connectivity index (χ2n) is 6.20. The molecule has 128 valence electrons. The molecule has 0 bridgehead atoms. The van der Waals surface area contributed by atoms with Crippen molar-refractivity contribution in [3.8, 4) is 0 Å². The number of carbonyl (C=O) groups is 1. The molecular weight excluding hydrogens is 286 g/mol. The second kappa shape index (κ2) is 9.25. The van der Waals surface area contributed by atoms with Crippen molar-refractivity contribution in [2.75, 3.05) is 13.7 Å². The highest BCUT2D eigenvalue weighted by atomic mass is 16.5. The summed E-state index contributed by atoms with van der Waals surface area (Å²) in [5, 5.41) is 28.5. The van der Waals surface area contributed by atoms with E-state index < -0.39 is 17.9 Å². The topological polar surface area (TPSA) is 90.2 Å². The summed E-state index contributed by atoms with van der Waals surface area (Å²) in [6.45, 7) is 5.88. The number of carbonyl (C=O) groups excluding carboxylic acids is 1. The van der Waals surface area contributed by atoms with E-state index in [4.69, 9.17) is 15.1 Å². The summed E-state index contributed by atoms with van der Waals surface area (Å²) in [7, 11) is 1.29. The number of hydrogen-bond donors (Lipinski definition) is 3. The molecular formula is C16H29NO5. The molecule has 1 fully saturated rings. The third-order valence-corrected chi connectivity index (χ3v) is 4.11. The van der Waals surface area contributed by atoms with Gasteiger partial charge in [-0.2, -0.15) is 0 Å². The third-order valence-electron chi connectivity index (χ3n) is 4.11. The normalized spacial score (nSPS) is 24.3. The lowest BCUT2D eigenvalue weighted by atomic mass is 9.96. The quantitative estimate of drug-likeness (QED) is 0.341. The Kier molecular flexibility index (Phi) is 8.03. The number of hydroxylamine groups is 2. The molecule has 1 aliphatic rings. The Balaban J connectivity index is 2.30. The zero-order chi connectivity index (χ0) is 16.7. The van der Waals surface area contributed by atoms with E-state index >= 15 is 0 Å². The molecule has 1 aliphatic heterocycles. The molecule has 0 spiro atoms. The maximum absolute atomic E-state index is 11.5. The van der Waals surface area contributed by atoms with Crippen molar-refractivity contribution in [3.05, 3.63) is 12.2 Å². The fourth-order valence-electron chi connectivity index (χ4n) is 2.85. The first-order valence-corrected chi connectivity index (χ1v) is 7.93. The van der Waals surface area contributed by atoms with E-state index in [1.54, 1.807) is 6.92 Å². The summed E-state index contributed by atoms with van der Waals surface area (Å²) in [6.07, 6.45) is 3.34. The van der Waals surface area contributed by atoms with E-state index in [0.29, 0.717) is 24.3 Å². The molecule has 1 heterocycles. The van der Waals surface area contributed by atoms with Crippen LogP contribution in [0.3, 0.4) is 0 Å². The predicted octanol–water partition coefficient (Wildman–Crippen LogP) is 1.49.